The van der Waals surface area contributed by atoms with Crippen LogP contribution in [0.4, 0.5) is 5.69 Å². The molecule has 1 aromatic rings. The van der Waals surface area contributed by atoms with Gasteiger partial charge < -0.3 is 10.4 Å². The molecule has 0 spiro atoms. The van der Waals surface area contributed by atoms with E-state index in [0.717, 1.165) is 17.8 Å². The highest BCUT2D eigenvalue weighted by Gasteiger charge is 2.36. The van der Waals surface area contributed by atoms with E-state index in [2.05, 4.69) is 12.2 Å². The molecular weight excluding hydrogens is 202 g/mol. The fraction of sp³-hybridized carbons (Fsp3) is 0.462. The first kappa shape index (κ1) is 11.0. The minimum atomic E-state index is -0.863. The van der Waals surface area contributed by atoms with Gasteiger partial charge >= 0.3 is 5.97 Å². The van der Waals surface area contributed by atoms with Crippen molar-refractivity contribution in [3.8, 4) is 0 Å². The molecule has 3 heteroatoms. The predicted molar refractivity (Wildman–Crippen MR) is 64.0 cm³/mol. The molecule has 0 aliphatic heterocycles. The van der Waals surface area contributed by atoms with E-state index < -0.39 is 5.97 Å². The molecule has 2 rings (SSSR count). The van der Waals surface area contributed by atoms with E-state index in [1.165, 1.54) is 12.8 Å². The largest absolute Gasteiger partial charge is 0.478 e. The first-order chi connectivity index (χ1) is 7.50. The number of benzene rings is 1. The number of carbonyl (C=O) groups is 1. The van der Waals surface area contributed by atoms with Crippen LogP contribution in [-0.4, -0.2) is 17.6 Å². The van der Waals surface area contributed by atoms with Crippen molar-refractivity contribution < 1.29 is 9.90 Å². The minimum Gasteiger partial charge on any atom is -0.478 e. The second-order valence-corrected chi connectivity index (χ2v) is 5.00. The zero-order valence-electron chi connectivity index (χ0n) is 9.71. The lowest BCUT2D eigenvalue weighted by molar-refractivity contribution is 0.0696. The smallest absolute Gasteiger partial charge is 0.335 e. The molecule has 86 valence electrons. The number of nitrogens with one attached hydrogen (secondary N) is 1. The Balaban J connectivity index is 2.05. The van der Waals surface area contributed by atoms with E-state index in [-0.39, 0.29) is 0 Å². The number of carboxylic acid groups (broad SMARTS) is 1. The Kier molecular flexibility index (Phi) is 2.62. The van der Waals surface area contributed by atoms with Crippen LogP contribution in [-0.2, 0) is 0 Å². The molecule has 1 fully saturated rings. The number of aromatic carboxylic acids is 1. The van der Waals surface area contributed by atoms with Crippen molar-refractivity contribution in [1.82, 2.24) is 0 Å². The van der Waals surface area contributed by atoms with Gasteiger partial charge in [0.15, 0.2) is 0 Å². The fourth-order valence-electron chi connectivity index (χ4n) is 1.72. The standard InChI is InChI=1S/C13H17NO2/c1-9-7-10(3-4-11(9)12(15)16)14-8-13(2)5-6-13/h3-4,7,14H,5-6,8H2,1-2H3,(H,15,16). The molecule has 3 nitrogen and oxygen atoms in total. The number of carboxylic acids is 1. The van der Waals surface area contributed by atoms with Crippen LogP contribution in [0.15, 0.2) is 18.2 Å². The third kappa shape index (κ3) is 2.35. The summed E-state index contributed by atoms with van der Waals surface area (Å²) in [6.07, 6.45) is 2.57. The van der Waals surface area contributed by atoms with Gasteiger partial charge in [0, 0.05) is 12.2 Å². The van der Waals surface area contributed by atoms with Crippen molar-refractivity contribution in [3.63, 3.8) is 0 Å². The van der Waals surface area contributed by atoms with Gasteiger partial charge in [-0.25, -0.2) is 4.79 Å². The van der Waals surface area contributed by atoms with E-state index >= 15 is 0 Å². The van der Waals surface area contributed by atoms with E-state index in [4.69, 9.17) is 5.11 Å². The van der Waals surface area contributed by atoms with Crippen molar-refractivity contribution in [2.45, 2.75) is 26.7 Å². The van der Waals surface area contributed by atoms with Gasteiger partial charge in [-0.05, 0) is 48.9 Å². The lowest BCUT2D eigenvalue weighted by Gasteiger charge is -2.12. The Morgan fingerprint density at radius 1 is 1.50 bits per heavy atom. The molecular formula is C13H17NO2. The molecule has 0 amide bonds. The molecule has 2 N–H and O–H groups in total. The van der Waals surface area contributed by atoms with Crippen molar-refractivity contribution >= 4 is 11.7 Å². The highest BCUT2D eigenvalue weighted by atomic mass is 16.4. The van der Waals surface area contributed by atoms with Gasteiger partial charge in [0.25, 0.3) is 0 Å². The van der Waals surface area contributed by atoms with E-state index in [1.807, 2.05) is 19.1 Å². The SMILES string of the molecule is Cc1cc(NCC2(C)CC2)ccc1C(=O)O. The molecule has 1 saturated carbocycles. The fourth-order valence-corrected chi connectivity index (χ4v) is 1.72. The summed E-state index contributed by atoms with van der Waals surface area (Å²) in [7, 11) is 0. The Bertz CT molecular complexity index is 422. The summed E-state index contributed by atoms with van der Waals surface area (Å²) in [6, 6.07) is 5.40. The van der Waals surface area contributed by atoms with Crippen LogP contribution in [0.2, 0.25) is 0 Å². The molecule has 0 atom stereocenters. The number of aryl methyl sites for hydroxylation is 1. The number of hydrogen-bond acceptors (Lipinski definition) is 2. The third-order valence-corrected chi connectivity index (χ3v) is 3.28. The third-order valence-electron chi connectivity index (χ3n) is 3.28. The van der Waals surface area contributed by atoms with E-state index in [1.54, 1.807) is 6.07 Å². The molecule has 1 aromatic carbocycles. The maximum absolute atomic E-state index is 10.8. The highest BCUT2D eigenvalue weighted by Crippen LogP contribution is 2.44. The second-order valence-electron chi connectivity index (χ2n) is 5.00. The average Bonchev–Trinajstić information content (AvgIpc) is 2.94. The maximum atomic E-state index is 10.8. The van der Waals surface area contributed by atoms with Gasteiger partial charge in [0.2, 0.25) is 0 Å². The van der Waals surface area contributed by atoms with Gasteiger partial charge in [0.1, 0.15) is 0 Å². The quantitative estimate of drug-likeness (QED) is 0.818. The van der Waals surface area contributed by atoms with Gasteiger partial charge in [-0.15, -0.1) is 0 Å². The van der Waals surface area contributed by atoms with Crippen LogP contribution < -0.4 is 5.32 Å². The summed E-state index contributed by atoms with van der Waals surface area (Å²) < 4.78 is 0. The summed E-state index contributed by atoms with van der Waals surface area (Å²) in [5, 5.41) is 12.3. The molecule has 0 heterocycles. The minimum absolute atomic E-state index is 0.378. The van der Waals surface area contributed by atoms with Crippen LogP contribution >= 0.6 is 0 Å². The van der Waals surface area contributed by atoms with Crippen LogP contribution in [0.1, 0.15) is 35.7 Å². The number of anilines is 1. The van der Waals surface area contributed by atoms with Crippen molar-refractivity contribution in [3.05, 3.63) is 29.3 Å². The zero-order valence-corrected chi connectivity index (χ0v) is 9.71. The Morgan fingerprint density at radius 2 is 2.19 bits per heavy atom. The average molecular weight is 219 g/mol. The van der Waals surface area contributed by atoms with Crippen LogP contribution in [0.5, 0.6) is 0 Å². The van der Waals surface area contributed by atoms with E-state index in [0.29, 0.717) is 11.0 Å². The zero-order chi connectivity index (χ0) is 11.8. The summed E-state index contributed by atoms with van der Waals surface area (Å²) in [6.45, 7) is 5.06. The van der Waals surface area contributed by atoms with Crippen LogP contribution in [0.25, 0.3) is 0 Å². The first-order valence-corrected chi connectivity index (χ1v) is 5.58. The van der Waals surface area contributed by atoms with Crippen LogP contribution in [0.3, 0.4) is 0 Å². The van der Waals surface area contributed by atoms with Crippen molar-refractivity contribution in [1.29, 1.82) is 0 Å². The molecule has 1 aliphatic rings. The molecule has 0 unspecified atom stereocenters. The monoisotopic (exact) mass is 219 g/mol. The maximum Gasteiger partial charge on any atom is 0.335 e. The Labute approximate surface area is 95.5 Å². The van der Waals surface area contributed by atoms with E-state index in [9.17, 15) is 4.79 Å². The topological polar surface area (TPSA) is 49.3 Å². The molecule has 0 bridgehead atoms. The van der Waals surface area contributed by atoms with Gasteiger partial charge in [-0.3, -0.25) is 0 Å². The van der Waals surface area contributed by atoms with Crippen LogP contribution in [0, 0.1) is 12.3 Å². The molecule has 0 aromatic heterocycles. The summed E-state index contributed by atoms with van der Waals surface area (Å²) >= 11 is 0. The molecule has 0 saturated heterocycles. The lowest BCUT2D eigenvalue weighted by Crippen LogP contribution is -2.12. The lowest BCUT2D eigenvalue weighted by atomic mass is 10.1. The predicted octanol–water partition coefficient (Wildman–Crippen LogP) is 2.91. The number of hydrogen-bond donors (Lipinski definition) is 2. The highest BCUT2D eigenvalue weighted by molar-refractivity contribution is 5.89. The Morgan fingerprint density at radius 3 is 2.69 bits per heavy atom. The summed E-state index contributed by atoms with van der Waals surface area (Å²) in [5.41, 5.74) is 2.65. The molecule has 16 heavy (non-hydrogen) atoms. The molecule has 1 aliphatic carbocycles. The number of rotatable bonds is 4. The van der Waals surface area contributed by atoms with Crippen molar-refractivity contribution in [2.75, 3.05) is 11.9 Å². The van der Waals surface area contributed by atoms with Crippen molar-refractivity contribution in [2.24, 2.45) is 5.41 Å². The Hall–Kier alpha value is -1.51. The second kappa shape index (κ2) is 3.81. The first-order valence-electron chi connectivity index (χ1n) is 5.58. The normalized spacial score (nSPS) is 16.9. The molecule has 0 radical (unpaired) electrons. The summed E-state index contributed by atoms with van der Waals surface area (Å²) in [4.78, 5) is 10.8. The van der Waals surface area contributed by atoms with Gasteiger partial charge in [-0.2, -0.15) is 0 Å². The summed E-state index contributed by atoms with van der Waals surface area (Å²) in [5.74, 6) is -0.863. The van der Waals surface area contributed by atoms with Gasteiger partial charge in [0.05, 0.1) is 5.56 Å². The van der Waals surface area contributed by atoms with Gasteiger partial charge in [-0.1, -0.05) is 6.92 Å².